The molecule has 59 heavy (non-hydrogen) atoms. The number of benzene rings is 8. The maximum atomic E-state index is 2.44. The monoisotopic (exact) mass is 760 g/mol. The van der Waals surface area contributed by atoms with E-state index in [-0.39, 0.29) is 0 Å². The Kier molecular flexibility index (Phi) is 8.81. The third-order valence-electron chi connectivity index (χ3n) is 12.9. The second-order valence-corrected chi connectivity index (χ2v) is 16.6. The van der Waals surface area contributed by atoms with E-state index in [0.29, 0.717) is 0 Å². The molecule has 2 heterocycles. The molecule has 0 saturated heterocycles. The van der Waals surface area contributed by atoms with Crippen molar-refractivity contribution in [2.45, 2.75) is 58.8 Å². The van der Waals surface area contributed by atoms with Crippen LogP contribution in [0.25, 0.3) is 88.4 Å². The van der Waals surface area contributed by atoms with Gasteiger partial charge in [-0.1, -0.05) is 124 Å². The highest BCUT2D eigenvalue weighted by Gasteiger charge is 2.21. The van der Waals surface area contributed by atoms with Gasteiger partial charge in [0, 0.05) is 32.9 Å². The van der Waals surface area contributed by atoms with Crippen LogP contribution in [0.1, 0.15) is 61.8 Å². The minimum absolute atomic E-state index is 0.971. The predicted molar refractivity (Wildman–Crippen MR) is 251 cm³/mol. The lowest BCUT2D eigenvalue weighted by molar-refractivity contribution is 0.795. The molecule has 0 bridgehead atoms. The van der Waals surface area contributed by atoms with Gasteiger partial charge in [-0.2, -0.15) is 0 Å². The van der Waals surface area contributed by atoms with Crippen molar-refractivity contribution < 1.29 is 0 Å². The molecule has 0 N–H and O–H groups in total. The predicted octanol–water partition coefficient (Wildman–Crippen LogP) is 15.5. The molecule has 0 fully saturated rings. The number of fused-ring (bicyclic) bond motifs is 9. The summed E-state index contributed by atoms with van der Waals surface area (Å²) in [6, 6.07) is 64.4. The normalized spacial score (nSPS) is 12.2. The Bertz CT molecular complexity index is 2970. The molecule has 11 rings (SSSR count). The van der Waals surface area contributed by atoms with E-state index in [9.17, 15) is 0 Å². The van der Waals surface area contributed by atoms with Gasteiger partial charge in [0.25, 0.3) is 0 Å². The zero-order valence-electron chi connectivity index (χ0n) is 34.0. The third kappa shape index (κ3) is 6.09. The molecule has 0 aliphatic heterocycles. The van der Waals surface area contributed by atoms with Crippen LogP contribution in [0.3, 0.4) is 0 Å². The number of aryl methyl sites for hydroxylation is 2. The van der Waals surface area contributed by atoms with E-state index in [1.807, 2.05) is 0 Å². The lowest BCUT2D eigenvalue weighted by Gasteiger charge is -2.11. The van der Waals surface area contributed by atoms with E-state index in [4.69, 9.17) is 0 Å². The van der Waals surface area contributed by atoms with E-state index < -0.39 is 0 Å². The SMILES string of the molecule is CCCCc1ccc(-n2c3ccccc3c3cc(-c4ccc5c(c4)-c4cc(-c6ccc7c(c6)c6ccccc6n7-c6ccc(CCCC)cc6)ccc4C5)ccc32)cc1. The van der Waals surface area contributed by atoms with Crippen LogP contribution in [-0.2, 0) is 19.3 Å². The standard InChI is InChI=1S/C57H48N2/c1-3-5-11-38-17-27-46(28-18-38)58-54-15-9-7-13-48(54)52-36-42(25-31-56(52)58)40-21-23-44-33-45-24-22-41(35-51(45)50(44)34-40)43-26-32-57-53(37-43)49-14-8-10-16-55(49)59(57)47-29-19-39(20-30-47)12-6-4-2/h7-10,13-32,34-37H,3-6,11-12,33H2,1-2H3. The highest BCUT2D eigenvalue weighted by atomic mass is 15.0. The molecule has 0 saturated carbocycles. The van der Waals surface area contributed by atoms with Crippen molar-refractivity contribution in [1.82, 2.24) is 9.13 Å². The van der Waals surface area contributed by atoms with Crippen molar-refractivity contribution >= 4 is 43.6 Å². The van der Waals surface area contributed by atoms with Gasteiger partial charge in [0.15, 0.2) is 0 Å². The largest absolute Gasteiger partial charge is 0.309 e. The Morgan fingerprint density at radius 3 is 1.20 bits per heavy atom. The van der Waals surface area contributed by atoms with Gasteiger partial charge in [-0.25, -0.2) is 0 Å². The molecule has 286 valence electrons. The molecule has 0 amide bonds. The summed E-state index contributed by atoms with van der Waals surface area (Å²) in [4.78, 5) is 0. The molecule has 8 aromatic carbocycles. The number of nitrogens with zero attached hydrogens (tertiary/aromatic N) is 2. The van der Waals surface area contributed by atoms with Crippen molar-refractivity contribution in [2.24, 2.45) is 0 Å². The summed E-state index contributed by atoms with van der Waals surface area (Å²) in [6.45, 7) is 4.52. The van der Waals surface area contributed by atoms with Crippen molar-refractivity contribution in [1.29, 1.82) is 0 Å². The van der Waals surface area contributed by atoms with Crippen LogP contribution in [0.15, 0.2) is 170 Å². The molecule has 0 unspecified atom stereocenters. The fourth-order valence-corrected chi connectivity index (χ4v) is 9.77. The molecule has 2 aromatic heterocycles. The van der Waals surface area contributed by atoms with Crippen LogP contribution >= 0.6 is 0 Å². The number of aromatic nitrogens is 2. The second-order valence-electron chi connectivity index (χ2n) is 16.6. The third-order valence-corrected chi connectivity index (χ3v) is 12.9. The molecule has 0 spiro atoms. The van der Waals surface area contributed by atoms with Gasteiger partial charge < -0.3 is 9.13 Å². The first-order chi connectivity index (χ1) is 29.1. The van der Waals surface area contributed by atoms with E-state index in [0.717, 1.165) is 19.3 Å². The smallest absolute Gasteiger partial charge is 0.0541 e. The Morgan fingerprint density at radius 2 is 0.763 bits per heavy atom. The lowest BCUT2D eigenvalue weighted by atomic mass is 9.95. The summed E-state index contributed by atoms with van der Waals surface area (Å²) in [6.07, 6.45) is 8.13. The van der Waals surface area contributed by atoms with Crippen LogP contribution in [0, 0.1) is 0 Å². The maximum absolute atomic E-state index is 2.44. The van der Waals surface area contributed by atoms with Crippen LogP contribution in [0.2, 0.25) is 0 Å². The van der Waals surface area contributed by atoms with Crippen molar-refractivity contribution in [3.8, 4) is 44.8 Å². The Labute approximate surface area is 347 Å². The van der Waals surface area contributed by atoms with Crippen LogP contribution < -0.4 is 0 Å². The van der Waals surface area contributed by atoms with Gasteiger partial charge in [0.1, 0.15) is 0 Å². The Hall–Kier alpha value is -6.64. The van der Waals surface area contributed by atoms with Gasteiger partial charge in [-0.3, -0.25) is 0 Å². The first kappa shape index (κ1) is 35.5. The molecule has 2 heteroatoms. The summed E-state index contributed by atoms with van der Waals surface area (Å²) >= 11 is 0. The molecular weight excluding hydrogens is 713 g/mol. The maximum Gasteiger partial charge on any atom is 0.0541 e. The highest BCUT2D eigenvalue weighted by molar-refractivity contribution is 6.11. The Morgan fingerprint density at radius 1 is 0.373 bits per heavy atom. The van der Waals surface area contributed by atoms with Crippen molar-refractivity contribution in [2.75, 3.05) is 0 Å². The molecule has 0 radical (unpaired) electrons. The van der Waals surface area contributed by atoms with Crippen LogP contribution in [0.4, 0.5) is 0 Å². The molecule has 0 atom stereocenters. The summed E-state index contributed by atoms with van der Waals surface area (Å²) in [5.41, 5.74) is 20.8. The fourth-order valence-electron chi connectivity index (χ4n) is 9.77. The minimum atomic E-state index is 0.971. The van der Waals surface area contributed by atoms with E-state index >= 15 is 0 Å². The lowest BCUT2D eigenvalue weighted by Crippen LogP contribution is -1.94. The zero-order valence-corrected chi connectivity index (χ0v) is 34.0. The van der Waals surface area contributed by atoms with Crippen molar-refractivity contribution in [3.63, 3.8) is 0 Å². The fraction of sp³-hybridized carbons (Fsp3) is 0.158. The number of hydrogen-bond acceptors (Lipinski definition) is 0. The molecule has 10 aromatic rings. The first-order valence-electron chi connectivity index (χ1n) is 21.7. The van der Waals surface area contributed by atoms with Gasteiger partial charge in [-0.15, -0.1) is 0 Å². The molecule has 2 nitrogen and oxygen atoms in total. The van der Waals surface area contributed by atoms with E-state index in [1.54, 1.807) is 0 Å². The summed E-state index contributed by atoms with van der Waals surface area (Å²) in [5, 5.41) is 5.15. The van der Waals surface area contributed by atoms with Gasteiger partial charge >= 0.3 is 0 Å². The number of para-hydroxylation sites is 2. The second kappa shape index (κ2) is 14.6. The van der Waals surface area contributed by atoms with Crippen molar-refractivity contribution in [3.05, 3.63) is 192 Å². The van der Waals surface area contributed by atoms with Crippen LogP contribution in [-0.4, -0.2) is 9.13 Å². The van der Waals surface area contributed by atoms with Gasteiger partial charge in [0.05, 0.1) is 22.1 Å². The average Bonchev–Trinajstić information content (AvgIpc) is 3.94. The number of hydrogen-bond donors (Lipinski definition) is 0. The molecule has 1 aliphatic carbocycles. The van der Waals surface area contributed by atoms with Crippen LogP contribution in [0.5, 0.6) is 0 Å². The summed E-state index contributed by atoms with van der Waals surface area (Å²) in [5.74, 6) is 0. The van der Waals surface area contributed by atoms with Gasteiger partial charge in [-0.05, 0) is 161 Å². The van der Waals surface area contributed by atoms with E-state index in [1.165, 1.54) is 136 Å². The van der Waals surface area contributed by atoms with E-state index in [2.05, 4.69) is 193 Å². The minimum Gasteiger partial charge on any atom is -0.309 e. The Balaban J connectivity index is 0.953. The van der Waals surface area contributed by atoms with Gasteiger partial charge in [0.2, 0.25) is 0 Å². The summed E-state index contributed by atoms with van der Waals surface area (Å²) < 4.78 is 4.86. The highest BCUT2D eigenvalue weighted by Crippen LogP contribution is 2.43. The average molecular weight is 761 g/mol. The molecule has 1 aliphatic rings. The number of unbranched alkanes of at least 4 members (excludes halogenated alkanes) is 2. The number of rotatable bonds is 10. The topological polar surface area (TPSA) is 9.86 Å². The molecular formula is C57H48N2. The zero-order chi connectivity index (χ0) is 39.5. The first-order valence-corrected chi connectivity index (χ1v) is 21.7. The quantitative estimate of drug-likeness (QED) is 0.131. The summed E-state index contributed by atoms with van der Waals surface area (Å²) in [7, 11) is 0.